The number of rotatable bonds is 2. The molecule has 1 aliphatic rings. The molecule has 1 heterocycles. The van der Waals surface area contributed by atoms with E-state index in [1.54, 1.807) is 0 Å². The maximum absolute atomic E-state index is 12.0. The zero-order valence-corrected chi connectivity index (χ0v) is 10.7. The summed E-state index contributed by atoms with van der Waals surface area (Å²) in [5.41, 5.74) is -0.211. The van der Waals surface area contributed by atoms with E-state index in [1.807, 2.05) is 25.7 Å². The molecule has 1 amide bonds. The second-order valence-electron chi connectivity index (χ2n) is 5.77. The molecule has 1 fully saturated rings. The summed E-state index contributed by atoms with van der Waals surface area (Å²) in [5, 5.41) is 0. The van der Waals surface area contributed by atoms with Crippen molar-refractivity contribution in [1.29, 1.82) is 0 Å². The smallest absolute Gasteiger partial charge is 0.227 e. The van der Waals surface area contributed by atoms with Crippen LogP contribution in [-0.2, 0) is 4.79 Å². The van der Waals surface area contributed by atoms with Gasteiger partial charge in [0.25, 0.3) is 0 Å². The second-order valence-corrected chi connectivity index (χ2v) is 5.77. The minimum Gasteiger partial charge on any atom is -0.342 e. The maximum Gasteiger partial charge on any atom is 0.227 e. The van der Waals surface area contributed by atoms with Crippen molar-refractivity contribution in [3.63, 3.8) is 0 Å². The molecule has 0 atom stereocenters. The van der Waals surface area contributed by atoms with Gasteiger partial charge < -0.3 is 4.90 Å². The van der Waals surface area contributed by atoms with Crippen molar-refractivity contribution in [3.05, 3.63) is 0 Å². The highest BCUT2D eigenvalue weighted by molar-refractivity contribution is 5.81. The molecule has 1 rings (SSSR count). The Morgan fingerprint density at radius 3 is 2.20 bits per heavy atom. The highest BCUT2D eigenvalue weighted by Crippen LogP contribution is 2.25. The summed E-state index contributed by atoms with van der Waals surface area (Å²) in [6, 6.07) is 0. The average molecular weight is 211 g/mol. The number of likely N-dealkylation sites (tertiary alicyclic amines) is 1. The van der Waals surface area contributed by atoms with Gasteiger partial charge in [0.05, 0.1) is 0 Å². The lowest BCUT2D eigenvalue weighted by molar-refractivity contribution is -0.140. The first-order valence-electron chi connectivity index (χ1n) is 6.24. The topological polar surface area (TPSA) is 20.3 Å². The van der Waals surface area contributed by atoms with Gasteiger partial charge in [0.15, 0.2) is 0 Å². The first kappa shape index (κ1) is 12.5. The molecule has 0 bridgehead atoms. The molecule has 0 aromatic heterocycles. The van der Waals surface area contributed by atoms with Gasteiger partial charge in [-0.25, -0.2) is 0 Å². The van der Waals surface area contributed by atoms with E-state index in [4.69, 9.17) is 0 Å². The first-order valence-corrected chi connectivity index (χ1v) is 6.24. The minimum atomic E-state index is -0.211. The van der Waals surface area contributed by atoms with Crippen molar-refractivity contribution < 1.29 is 4.79 Å². The Bertz CT molecular complexity index is 209. The summed E-state index contributed by atoms with van der Waals surface area (Å²) in [5.74, 6) is 1.18. The maximum atomic E-state index is 12.0. The molecule has 0 spiro atoms. The number of hydrogen-bond donors (Lipinski definition) is 0. The van der Waals surface area contributed by atoms with E-state index >= 15 is 0 Å². The molecule has 0 N–H and O–H groups in total. The van der Waals surface area contributed by atoms with Crippen molar-refractivity contribution in [2.75, 3.05) is 13.1 Å². The van der Waals surface area contributed by atoms with Crippen LogP contribution in [-0.4, -0.2) is 23.9 Å². The largest absolute Gasteiger partial charge is 0.342 e. The van der Waals surface area contributed by atoms with Crippen LogP contribution in [0.1, 0.15) is 53.4 Å². The summed E-state index contributed by atoms with van der Waals surface area (Å²) < 4.78 is 0. The molecule has 0 radical (unpaired) electrons. The fraction of sp³-hybridized carbons (Fsp3) is 0.923. The molecule has 15 heavy (non-hydrogen) atoms. The Morgan fingerprint density at radius 1 is 1.27 bits per heavy atom. The molecule has 1 aliphatic heterocycles. The highest BCUT2D eigenvalue weighted by atomic mass is 16.2. The monoisotopic (exact) mass is 211 g/mol. The zero-order valence-electron chi connectivity index (χ0n) is 10.7. The Kier molecular flexibility index (Phi) is 4.18. The van der Waals surface area contributed by atoms with Crippen LogP contribution < -0.4 is 0 Å². The van der Waals surface area contributed by atoms with Crippen molar-refractivity contribution in [1.82, 2.24) is 4.90 Å². The van der Waals surface area contributed by atoms with E-state index in [0.29, 0.717) is 5.91 Å². The second kappa shape index (κ2) is 5.00. The fourth-order valence-corrected chi connectivity index (χ4v) is 2.31. The van der Waals surface area contributed by atoms with E-state index in [1.165, 1.54) is 25.7 Å². The zero-order chi connectivity index (χ0) is 11.5. The lowest BCUT2D eigenvalue weighted by Gasteiger charge is -2.35. The summed E-state index contributed by atoms with van der Waals surface area (Å²) in [6.07, 6.45) is 5.01. The van der Waals surface area contributed by atoms with Gasteiger partial charge in [-0.2, -0.15) is 0 Å². The van der Waals surface area contributed by atoms with Gasteiger partial charge in [-0.1, -0.05) is 40.5 Å². The van der Waals surface area contributed by atoms with Crippen LogP contribution in [0.3, 0.4) is 0 Å². The molecule has 1 saturated heterocycles. The SMILES string of the molecule is CCCC1CCN(C(=O)C(C)(C)C)CC1. The summed E-state index contributed by atoms with van der Waals surface area (Å²) in [7, 11) is 0. The summed E-state index contributed by atoms with van der Waals surface area (Å²) in [4.78, 5) is 14.1. The van der Waals surface area contributed by atoms with Gasteiger partial charge in [-0.3, -0.25) is 4.79 Å². The standard InChI is InChI=1S/C13H25NO/c1-5-6-11-7-9-14(10-8-11)12(15)13(2,3)4/h11H,5-10H2,1-4H3. The molecule has 2 heteroatoms. The van der Waals surface area contributed by atoms with Crippen molar-refractivity contribution in [2.24, 2.45) is 11.3 Å². The normalized spacial score (nSPS) is 19.3. The highest BCUT2D eigenvalue weighted by Gasteiger charge is 2.29. The van der Waals surface area contributed by atoms with Gasteiger partial charge >= 0.3 is 0 Å². The van der Waals surface area contributed by atoms with Crippen molar-refractivity contribution in [2.45, 2.75) is 53.4 Å². The number of carbonyl (C=O) groups excluding carboxylic acids is 1. The molecular formula is C13H25NO. The van der Waals surface area contributed by atoms with E-state index in [-0.39, 0.29) is 5.41 Å². The Morgan fingerprint density at radius 2 is 1.80 bits per heavy atom. The van der Waals surface area contributed by atoms with Gasteiger partial charge in [0.1, 0.15) is 0 Å². The summed E-state index contributed by atoms with van der Waals surface area (Å²) in [6.45, 7) is 10.2. The first-order chi connectivity index (χ1) is 6.95. The number of amides is 1. The molecule has 0 aliphatic carbocycles. The lowest BCUT2D eigenvalue weighted by atomic mass is 9.89. The number of nitrogens with zero attached hydrogens (tertiary/aromatic N) is 1. The molecule has 0 unspecified atom stereocenters. The third-order valence-electron chi connectivity index (χ3n) is 3.24. The van der Waals surface area contributed by atoms with E-state index < -0.39 is 0 Å². The van der Waals surface area contributed by atoms with Crippen LogP contribution in [0, 0.1) is 11.3 Å². The number of carbonyl (C=O) groups is 1. The van der Waals surface area contributed by atoms with Gasteiger partial charge in [-0.05, 0) is 18.8 Å². The van der Waals surface area contributed by atoms with Crippen molar-refractivity contribution >= 4 is 5.91 Å². The van der Waals surface area contributed by atoms with E-state index in [2.05, 4.69) is 6.92 Å². The molecule has 0 aromatic carbocycles. The van der Waals surface area contributed by atoms with Crippen LogP contribution in [0.4, 0.5) is 0 Å². The molecule has 0 aromatic rings. The molecule has 2 nitrogen and oxygen atoms in total. The molecule has 0 saturated carbocycles. The lowest BCUT2D eigenvalue weighted by Crippen LogP contribution is -2.44. The van der Waals surface area contributed by atoms with Crippen LogP contribution in [0.5, 0.6) is 0 Å². The predicted molar refractivity (Wildman–Crippen MR) is 63.7 cm³/mol. The number of hydrogen-bond acceptors (Lipinski definition) is 1. The van der Waals surface area contributed by atoms with Crippen LogP contribution in [0.2, 0.25) is 0 Å². The van der Waals surface area contributed by atoms with Gasteiger partial charge in [-0.15, -0.1) is 0 Å². The van der Waals surface area contributed by atoms with Crippen LogP contribution in [0.15, 0.2) is 0 Å². The van der Waals surface area contributed by atoms with Gasteiger partial charge in [0.2, 0.25) is 5.91 Å². The predicted octanol–water partition coefficient (Wildman–Crippen LogP) is 3.07. The quantitative estimate of drug-likeness (QED) is 0.687. The van der Waals surface area contributed by atoms with Crippen LogP contribution in [0.25, 0.3) is 0 Å². The minimum absolute atomic E-state index is 0.211. The third-order valence-corrected chi connectivity index (χ3v) is 3.24. The Hall–Kier alpha value is -0.530. The van der Waals surface area contributed by atoms with E-state index in [9.17, 15) is 4.79 Å². The van der Waals surface area contributed by atoms with Crippen molar-refractivity contribution in [3.8, 4) is 0 Å². The average Bonchev–Trinajstić information content (AvgIpc) is 2.17. The number of piperidine rings is 1. The van der Waals surface area contributed by atoms with E-state index in [0.717, 1.165) is 19.0 Å². The Labute approximate surface area is 94.0 Å². The summed E-state index contributed by atoms with van der Waals surface area (Å²) >= 11 is 0. The Balaban J connectivity index is 2.41. The third kappa shape index (κ3) is 3.51. The van der Waals surface area contributed by atoms with Gasteiger partial charge in [0, 0.05) is 18.5 Å². The fourth-order valence-electron chi connectivity index (χ4n) is 2.31. The molecular weight excluding hydrogens is 186 g/mol. The van der Waals surface area contributed by atoms with Crippen LogP contribution >= 0.6 is 0 Å². The molecule has 88 valence electrons.